The van der Waals surface area contributed by atoms with Crippen molar-refractivity contribution in [3.63, 3.8) is 0 Å². The molecule has 2 aromatic heterocycles. The monoisotopic (exact) mass is 420 g/mol. The molecule has 0 fully saturated rings. The molecule has 0 unspecified atom stereocenters. The molecular weight excluding hydrogens is 392 g/mol. The fourth-order valence-electron chi connectivity index (χ4n) is 3.17. The van der Waals surface area contributed by atoms with Gasteiger partial charge in [-0.1, -0.05) is 25.1 Å². The maximum absolute atomic E-state index is 12.7. The Morgan fingerprint density at radius 1 is 1.03 bits per heavy atom. The maximum Gasteiger partial charge on any atom is 0.316 e. The quantitative estimate of drug-likeness (QED) is 0.492. The van der Waals surface area contributed by atoms with Gasteiger partial charge in [-0.25, -0.2) is 9.97 Å². The van der Waals surface area contributed by atoms with E-state index in [2.05, 4.69) is 32.5 Å². The number of benzene rings is 1. The van der Waals surface area contributed by atoms with E-state index in [0.29, 0.717) is 25.6 Å². The zero-order valence-electron chi connectivity index (χ0n) is 17.9. The van der Waals surface area contributed by atoms with E-state index in [9.17, 15) is 4.79 Å². The van der Waals surface area contributed by atoms with Crippen LogP contribution in [0.5, 0.6) is 6.01 Å². The molecule has 0 radical (unpaired) electrons. The number of amides is 1. The first-order chi connectivity index (χ1) is 15.2. The second-order valence-electron chi connectivity index (χ2n) is 6.90. The first-order valence-corrected chi connectivity index (χ1v) is 10.3. The largest absolute Gasteiger partial charge is 0.467 e. The third kappa shape index (κ3) is 6.40. The summed E-state index contributed by atoms with van der Waals surface area (Å²) < 4.78 is 5.04. The molecule has 0 saturated carbocycles. The number of rotatable bonds is 11. The average molecular weight is 421 g/mol. The number of nitrogens with zero attached hydrogens (tertiary/aromatic N) is 4. The van der Waals surface area contributed by atoms with E-state index in [1.807, 2.05) is 41.3 Å². The van der Waals surface area contributed by atoms with Gasteiger partial charge in [-0.3, -0.25) is 9.78 Å². The van der Waals surface area contributed by atoms with E-state index < -0.39 is 0 Å². The Kier molecular flexibility index (Phi) is 8.16. The van der Waals surface area contributed by atoms with Gasteiger partial charge in [-0.05, 0) is 24.6 Å². The van der Waals surface area contributed by atoms with Crippen LogP contribution in [-0.2, 0) is 4.79 Å². The van der Waals surface area contributed by atoms with Crippen LogP contribution in [0, 0.1) is 0 Å². The molecule has 0 aliphatic heterocycles. The molecule has 0 bridgehead atoms. The van der Waals surface area contributed by atoms with Crippen molar-refractivity contribution in [2.75, 3.05) is 43.9 Å². The van der Waals surface area contributed by atoms with E-state index in [1.165, 1.54) is 0 Å². The summed E-state index contributed by atoms with van der Waals surface area (Å²) >= 11 is 0. The summed E-state index contributed by atoms with van der Waals surface area (Å²) in [6.45, 7) is 4.28. The van der Waals surface area contributed by atoms with Crippen LogP contribution in [0.25, 0.3) is 11.1 Å². The first kappa shape index (κ1) is 22.0. The summed E-state index contributed by atoms with van der Waals surface area (Å²) in [6, 6.07) is 12.0. The highest BCUT2D eigenvalue weighted by molar-refractivity contribution is 5.81. The molecule has 2 N–H and O–H groups in total. The molecule has 0 aliphatic rings. The van der Waals surface area contributed by atoms with Crippen molar-refractivity contribution in [3.05, 3.63) is 61.2 Å². The molecule has 0 spiro atoms. The number of carbonyl (C=O) groups is 1. The third-order valence-corrected chi connectivity index (χ3v) is 4.72. The van der Waals surface area contributed by atoms with Crippen molar-refractivity contribution in [3.8, 4) is 17.1 Å². The summed E-state index contributed by atoms with van der Waals surface area (Å²) in [5.41, 5.74) is 3.74. The zero-order chi connectivity index (χ0) is 21.9. The summed E-state index contributed by atoms with van der Waals surface area (Å²) in [5.74, 6) is 0.0669. The Bertz CT molecular complexity index is 950. The lowest BCUT2D eigenvalue weighted by molar-refractivity contribution is -0.129. The fraction of sp³-hybridized carbons (Fsp3) is 0.304. The van der Waals surface area contributed by atoms with E-state index in [-0.39, 0.29) is 12.5 Å². The molecule has 162 valence electrons. The highest BCUT2D eigenvalue weighted by Crippen LogP contribution is 2.27. The second-order valence-corrected chi connectivity index (χ2v) is 6.90. The van der Waals surface area contributed by atoms with Crippen LogP contribution in [0.1, 0.15) is 13.3 Å². The van der Waals surface area contributed by atoms with Crippen molar-refractivity contribution in [1.82, 2.24) is 19.9 Å². The highest BCUT2D eigenvalue weighted by atomic mass is 16.5. The molecule has 31 heavy (non-hydrogen) atoms. The van der Waals surface area contributed by atoms with Crippen LogP contribution >= 0.6 is 0 Å². The Morgan fingerprint density at radius 3 is 2.48 bits per heavy atom. The molecule has 2 heterocycles. The topological polar surface area (TPSA) is 92.3 Å². The van der Waals surface area contributed by atoms with Crippen molar-refractivity contribution in [2.45, 2.75) is 13.3 Å². The molecular formula is C23H28N6O2. The summed E-state index contributed by atoms with van der Waals surface area (Å²) in [4.78, 5) is 26.9. The van der Waals surface area contributed by atoms with Crippen LogP contribution < -0.4 is 15.4 Å². The normalized spacial score (nSPS) is 10.4. The van der Waals surface area contributed by atoms with Gasteiger partial charge in [-0.15, -0.1) is 0 Å². The average Bonchev–Trinajstić information content (AvgIpc) is 2.83. The molecule has 8 heteroatoms. The predicted molar refractivity (Wildman–Crippen MR) is 122 cm³/mol. The van der Waals surface area contributed by atoms with Crippen molar-refractivity contribution < 1.29 is 9.53 Å². The Labute approximate surface area is 182 Å². The Morgan fingerprint density at radius 2 is 1.77 bits per heavy atom. The lowest BCUT2D eigenvalue weighted by atomic mass is 10.1. The number of pyridine rings is 1. The molecule has 0 aliphatic carbocycles. The van der Waals surface area contributed by atoms with Crippen LogP contribution in [0.2, 0.25) is 0 Å². The van der Waals surface area contributed by atoms with Gasteiger partial charge in [0, 0.05) is 66.9 Å². The Hall–Kier alpha value is -3.68. The molecule has 0 saturated heterocycles. The predicted octanol–water partition coefficient (Wildman–Crippen LogP) is 3.31. The van der Waals surface area contributed by atoms with Gasteiger partial charge in [0.25, 0.3) is 0 Å². The van der Waals surface area contributed by atoms with Crippen LogP contribution in [-0.4, -0.2) is 59.0 Å². The van der Waals surface area contributed by atoms with E-state index in [4.69, 9.17) is 4.74 Å². The number of carbonyl (C=O) groups excluding carboxylic acids is 1. The van der Waals surface area contributed by atoms with E-state index >= 15 is 0 Å². The van der Waals surface area contributed by atoms with Gasteiger partial charge >= 0.3 is 6.01 Å². The fourth-order valence-corrected chi connectivity index (χ4v) is 3.17. The third-order valence-electron chi connectivity index (χ3n) is 4.72. The molecule has 1 amide bonds. The van der Waals surface area contributed by atoms with Gasteiger partial charge in [0.05, 0.1) is 13.7 Å². The molecule has 8 nitrogen and oxygen atoms in total. The number of anilines is 2. The van der Waals surface area contributed by atoms with Crippen LogP contribution in [0.15, 0.2) is 61.2 Å². The first-order valence-electron chi connectivity index (χ1n) is 10.3. The molecule has 1 aromatic carbocycles. The number of para-hydroxylation sites is 1. The zero-order valence-corrected chi connectivity index (χ0v) is 17.9. The number of methoxy groups -OCH3 is 1. The number of hydrogen-bond donors (Lipinski definition) is 2. The van der Waals surface area contributed by atoms with Crippen LogP contribution in [0.4, 0.5) is 11.4 Å². The second kappa shape index (κ2) is 11.5. The lowest BCUT2D eigenvalue weighted by Gasteiger charge is -2.23. The number of ether oxygens (including phenoxy) is 1. The summed E-state index contributed by atoms with van der Waals surface area (Å²) in [6.07, 6.45) is 7.78. The minimum Gasteiger partial charge on any atom is -0.467 e. The van der Waals surface area contributed by atoms with Crippen LogP contribution in [0.3, 0.4) is 0 Å². The van der Waals surface area contributed by atoms with Crippen molar-refractivity contribution >= 4 is 17.3 Å². The SMILES string of the molecule is CCCN(CCNc1ccccc1-c1cnc(OC)nc1)C(=O)CNc1ccncc1. The van der Waals surface area contributed by atoms with Gasteiger partial charge in [0.2, 0.25) is 5.91 Å². The van der Waals surface area contributed by atoms with Gasteiger partial charge in [-0.2, -0.15) is 0 Å². The van der Waals surface area contributed by atoms with Crippen molar-refractivity contribution in [1.29, 1.82) is 0 Å². The van der Waals surface area contributed by atoms with E-state index in [1.54, 1.807) is 31.9 Å². The van der Waals surface area contributed by atoms with Gasteiger partial charge in [0.15, 0.2) is 0 Å². The standard InChI is InChI=1S/C23H28N6O2/c1-3-13-29(22(30)17-26-19-8-10-24-11-9-19)14-12-25-21-7-5-4-6-20(21)18-15-27-23(31-2)28-16-18/h4-11,15-16,25H,3,12-14,17H2,1-2H3,(H,24,26). The minimum atomic E-state index is 0.0669. The number of aromatic nitrogens is 3. The molecule has 3 rings (SSSR count). The summed E-state index contributed by atoms with van der Waals surface area (Å²) in [5, 5.41) is 6.60. The maximum atomic E-state index is 12.7. The minimum absolute atomic E-state index is 0.0669. The van der Waals surface area contributed by atoms with E-state index in [0.717, 1.165) is 28.9 Å². The number of nitrogens with one attached hydrogen (secondary N) is 2. The molecule has 3 aromatic rings. The lowest BCUT2D eigenvalue weighted by Crippen LogP contribution is -2.39. The molecule has 0 atom stereocenters. The van der Waals surface area contributed by atoms with Gasteiger partial charge < -0.3 is 20.3 Å². The number of hydrogen-bond acceptors (Lipinski definition) is 7. The smallest absolute Gasteiger partial charge is 0.316 e. The van der Waals surface area contributed by atoms with Crippen molar-refractivity contribution in [2.24, 2.45) is 0 Å². The van der Waals surface area contributed by atoms with Gasteiger partial charge in [0.1, 0.15) is 0 Å². The highest BCUT2D eigenvalue weighted by Gasteiger charge is 2.13. The summed E-state index contributed by atoms with van der Waals surface area (Å²) in [7, 11) is 1.54. The Balaban J connectivity index is 1.58.